The first kappa shape index (κ1) is 13.7. The summed E-state index contributed by atoms with van der Waals surface area (Å²) in [6.07, 6.45) is 0.0311. The highest BCUT2D eigenvalue weighted by Crippen LogP contribution is 2.31. The van der Waals surface area contributed by atoms with Crippen molar-refractivity contribution in [2.45, 2.75) is 13.0 Å². The average molecular weight is 281 g/mol. The van der Waals surface area contributed by atoms with Crippen LogP contribution in [0, 0.1) is 5.92 Å². The molecule has 0 saturated carbocycles. The topological polar surface area (TPSA) is 30.8 Å². The van der Waals surface area contributed by atoms with Gasteiger partial charge in [-0.2, -0.15) is 0 Å². The minimum absolute atomic E-state index is 0.0311. The van der Waals surface area contributed by atoms with Gasteiger partial charge in [-0.25, -0.2) is 0 Å². The molecular formula is C18H19NO2. The molecule has 2 aromatic carbocycles. The summed E-state index contributed by atoms with van der Waals surface area (Å²) in [6, 6.07) is 18.1. The molecule has 1 aliphatic rings. The number of methoxy groups -OCH3 is 1. The summed E-state index contributed by atoms with van der Waals surface area (Å²) in [5.74, 6) is 1.94. The van der Waals surface area contributed by atoms with Crippen molar-refractivity contribution in [2.75, 3.05) is 13.7 Å². The van der Waals surface area contributed by atoms with Gasteiger partial charge in [0.2, 0.25) is 5.90 Å². The number of benzene rings is 2. The predicted molar refractivity (Wildman–Crippen MR) is 83.8 cm³/mol. The van der Waals surface area contributed by atoms with Gasteiger partial charge in [0.05, 0.1) is 7.11 Å². The van der Waals surface area contributed by atoms with Gasteiger partial charge in [-0.15, -0.1) is 0 Å². The standard InChI is InChI=1S/C18H19NO2/c1-13-12-19-18(15-6-4-3-5-7-15)21-17(13)14-8-10-16(20-2)11-9-14/h3-11,13,17H,12H2,1-2H3/t13-,17-/m0/s1. The summed E-state index contributed by atoms with van der Waals surface area (Å²) < 4.78 is 11.4. The fourth-order valence-electron chi connectivity index (χ4n) is 2.53. The van der Waals surface area contributed by atoms with Gasteiger partial charge in [0.1, 0.15) is 11.9 Å². The second-order valence-electron chi connectivity index (χ2n) is 5.30. The number of hydrogen-bond donors (Lipinski definition) is 0. The van der Waals surface area contributed by atoms with Crippen LogP contribution in [-0.4, -0.2) is 19.6 Å². The molecule has 0 N–H and O–H groups in total. The Morgan fingerprint density at radius 3 is 2.43 bits per heavy atom. The van der Waals surface area contributed by atoms with Crippen molar-refractivity contribution in [3.8, 4) is 5.75 Å². The number of ether oxygens (including phenoxy) is 2. The van der Waals surface area contributed by atoms with Gasteiger partial charge in [0.25, 0.3) is 0 Å². The van der Waals surface area contributed by atoms with Crippen molar-refractivity contribution in [1.29, 1.82) is 0 Å². The minimum atomic E-state index is 0.0311. The summed E-state index contributed by atoms with van der Waals surface area (Å²) in [4.78, 5) is 4.56. The first-order valence-corrected chi connectivity index (χ1v) is 7.18. The average Bonchev–Trinajstić information content (AvgIpc) is 2.56. The van der Waals surface area contributed by atoms with Crippen molar-refractivity contribution in [3.05, 3.63) is 65.7 Å². The molecule has 21 heavy (non-hydrogen) atoms. The molecule has 1 aliphatic heterocycles. The Hall–Kier alpha value is -2.29. The Labute approximate surface area is 125 Å². The number of nitrogens with zero attached hydrogens (tertiary/aromatic N) is 1. The van der Waals surface area contributed by atoms with Gasteiger partial charge < -0.3 is 9.47 Å². The molecule has 3 rings (SSSR count). The molecule has 0 spiro atoms. The zero-order valence-corrected chi connectivity index (χ0v) is 12.3. The lowest BCUT2D eigenvalue weighted by Gasteiger charge is -2.29. The van der Waals surface area contributed by atoms with E-state index in [-0.39, 0.29) is 6.10 Å². The van der Waals surface area contributed by atoms with Crippen LogP contribution < -0.4 is 4.74 Å². The van der Waals surface area contributed by atoms with Gasteiger partial charge in [-0.3, -0.25) is 4.99 Å². The van der Waals surface area contributed by atoms with E-state index in [9.17, 15) is 0 Å². The lowest BCUT2D eigenvalue weighted by Crippen LogP contribution is -2.26. The highest BCUT2D eigenvalue weighted by molar-refractivity contribution is 5.94. The largest absolute Gasteiger partial charge is 0.497 e. The molecular weight excluding hydrogens is 262 g/mol. The second-order valence-corrected chi connectivity index (χ2v) is 5.30. The molecule has 0 aliphatic carbocycles. The van der Waals surface area contributed by atoms with Crippen molar-refractivity contribution < 1.29 is 9.47 Å². The SMILES string of the molecule is COc1ccc([C@H]2OC(c3ccccc3)=NC[C@@H]2C)cc1. The highest BCUT2D eigenvalue weighted by Gasteiger charge is 2.27. The first-order chi connectivity index (χ1) is 10.3. The van der Waals surface area contributed by atoms with E-state index in [2.05, 4.69) is 24.0 Å². The summed E-state index contributed by atoms with van der Waals surface area (Å²) in [6.45, 7) is 2.95. The lowest BCUT2D eigenvalue weighted by molar-refractivity contribution is 0.120. The molecule has 0 radical (unpaired) electrons. The minimum Gasteiger partial charge on any atom is -0.497 e. The van der Waals surface area contributed by atoms with Gasteiger partial charge in [0.15, 0.2) is 0 Å². The quantitative estimate of drug-likeness (QED) is 0.855. The maximum atomic E-state index is 6.15. The molecule has 108 valence electrons. The van der Waals surface area contributed by atoms with E-state index in [1.165, 1.54) is 0 Å². The summed E-state index contributed by atoms with van der Waals surface area (Å²) in [5.41, 5.74) is 2.19. The fraction of sp³-hybridized carbons (Fsp3) is 0.278. The van der Waals surface area contributed by atoms with Crippen molar-refractivity contribution in [1.82, 2.24) is 0 Å². The summed E-state index contributed by atoms with van der Waals surface area (Å²) in [7, 11) is 1.68. The highest BCUT2D eigenvalue weighted by atomic mass is 16.5. The van der Waals surface area contributed by atoms with E-state index in [0.29, 0.717) is 5.92 Å². The fourth-order valence-corrected chi connectivity index (χ4v) is 2.53. The lowest BCUT2D eigenvalue weighted by atomic mass is 9.96. The van der Waals surface area contributed by atoms with Gasteiger partial charge in [0, 0.05) is 18.0 Å². The number of rotatable bonds is 3. The van der Waals surface area contributed by atoms with Crippen LogP contribution in [-0.2, 0) is 4.74 Å². The zero-order valence-electron chi connectivity index (χ0n) is 12.3. The van der Waals surface area contributed by atoms with Crippen molar-refractivity contribution in [2.24, 2.45) is 10.9 Å². The van der Waals surface area contributed by atoms with Crippen LogP contribution in [0.2, 0.25) is 0 Å². The second kappa shape index (κ2) is 6.00. The Morgan fingerprint density at radius 1 is 1.05 bits per heavy atom. The molecule has 0 unspecified atom stereocenters. The molecule has 0 bridgehead atoms. The maximum absolute atomic E-state index is 6.15. The maximum Gasteiger partial charge on any atom is 0.216 e. The smallest absolute Gasteiger partial charge is 0.216 e. The van der Waals surface area contributed by atoms with Gasteiger partial charge >= 0.3 is 0 Å². The van der Waals surface area contributed by atoms with Crippen molar-refractivity contribution >= 4 is 5.90 Å². The van der Waals surface area contributed by atoms with E-state index >= 15 is 0 Å². The van der Waals surface area contributed by atoms with Crippen LogP contribution in [0.1, 0.15) is 24.2 Å². The van der Waals surface area contributed by atoms with Crippen LogP contribution in [0.5, 0.6) is 5.75 Å². The molecule has 2 atom stereocenters. The number of hydrogen-bond acceptors (Lipinski definition) is 3. The monoisotopic (exact) mass is 281 g/mol. The Morgan fingerprint density at radius 2 is 1.76 bits per heavy atom. The van der Waals surface area contributed by atoms with E-state index in [1.54, 1.807) is 7.11 Å². The Kier molecular flexibility index (Phi) is 3.91. The van der Waals surface area contributed by atoms with E-state index in [4.69, 9.17) is 9.47 Å². The zero-order chi connectivity index (χ0) is 14.7. The molecule has 1 heterocycles. The molecule has 2 aromatic rings. The molecule has 0 amide bonds. The third-order valence-electron chi connectivity index (χ3n) is 3.74. The van der Waals surface area contributed by atoms with E-state index < -0.39 is 0 Å². The molecule has 3 heteroatoms. The van der Waals surface area contributed by atoms with Crippen LogP contribution >= 0.6 is 0 Å². The summed E-state index contributed by atoms with van der Waals surface area (Å²) >= 11 is 0. The van der Waals surface area contributed by atoms with E-state index in [1.807, 2.05) is 42.5 Å². The third-order valence-corrected chi connectivity index (χ3v) is 3.74. The molecule has 3 nitrogen and oxygen atoms in total. The van der Waals surface area contributed by atoms with Crippen molar-refractivity contribution in [3.63, 3.8) is 0 Å². The molecule has 0 saturated heterocycles. The van der Waals surface area contributed by atoms with Crippen LogP contribution in [0.25, 0.3) is 0 Å². The predicted octanol–water partition coefficient (Wildman–Crippen LogP) is 3.85. The van der Waals surface area contributed by atoms with E-state index in [0.717, 1.165) is 29.3 Å². The molecule has 0 fully saturated rings. The normalized spacial score (nSPS) is 21.3. The van der Waals surface area contributed by atoms with Gasteiger partial charge in [-0.05, 0) is 29.8 Å². The number of aliphatic imine (C=N–C) groups is 1. The first-order valence-electron chi connectivity index (χ1n) is 7.18. The summed E-state index contributed by atoms with van der Waals surface area (Å²) in [5, 5.41) is 0. The molecule has 0 aromatic heterocycles. The van der Waals surface area contributed by atoms with Crippen LogP contribution in [0.15, 0.2) is 59.6 Å². The van der Waals surface area contributed by atoms with Gasteiger partial charge in [-0.1, -0.05) is 37.3 Å². The third kappa shape index (κ3) is 2.92. The Balaban J connectivity index is 1.84. The van der Waals surface area contributed by atoms with Crippen LogP contribution in [0.3, 0.4) is 0 Å². The Bertz CT molecular complexity index is 619. The van der Waals surface area contributed by atoms with Crippen LogP contribution in [0.4, 0.5) is 0 Å².